The minimum Gasteiger partial charge on any atom is -0.258 e. The first-order chi connectivity index (χ1) is 7.02. The maximum Gasteiger partial charge on any atom is 0.274 e. The van der Waals surface area contributed by atoms with E-state index in [1.54, 1.807) is 12.1 Å². The summed E-state index contributed by atoms with van der Waals surface area (Å²) in [6.45, 7) is 2.00. The van der Waals surface area contributed by atoms with Crippen LogP contribution in [0.5, 0.6) is 0 Å². The number of nitrogens with zero attached hydrogens (tertiary/aromatic N) is 1. The third-order valence-electron chi connectivity index (χ3n) is 2.08. The molecule has 5 heteroatoms. The van der Waals surface area contributed by atoms with Gasteiger partial charge in [-0.3, -0.25) is 10.1 Å². The molecule has 15 heavy (non-hydrogen) atoms. The van der Waals surface area contributed by atoms with Crippen LogP contribution in [0.1, 0.15) is 18.9 Å². The zero-order valence-electron chi connectivity index (χ0n) is 8.24. The van der Waals surface area contributed by atoms with Crippen LogP contribution in [0.4, 0.5) is 5.69 Å². The summed E-state index contributed by atoms with van der Waals surface area (Å²) in [4.78, 5) is 10.7. The Kier molecular flexibility index (Phi) is 4.54. The summed E-state index contributed by atoms with van der Waals surface area (Å²) < 4.78 is 0. The van der Waals surface area contributed by atoms with Crippen LogP contribution in [0, 0.1) is 10.1 Å². The van der Waals surface area contributed by atoms with E-state index < -0.39 is 0 Å². The fourth-order valence-corrected chi connectivity index (χ4v) is 1.80. The second-order valence-corrected chi connectivity index (χ2v) is 5.28. The van der Waals surface area contributed by atoms with Crippen LogP contribution in [0.2, 0.25) is 5.02 Å². The van der Waals surface area contributed by atoms with Gasteiger partial charge < -0.3 is 0 Å². The Balaban J connectivity index is 2.97. The Bertz CT molecular complexity index is 368. The second-order valence-electron chi connectivity index (χ2n) is 3.31. The van der Waals surface area contributed by atoms with Crippen LogP contribution in [-0.2, 0) is 6.42 Å². The lowest BCUT2D eigenvalue weighted by molar-refractivity contribution is -0.385. The molecule has 3 nitrogen and oxygen atoms in total. The summed E-state index contributed by atoms with van der Waals surface area (Å²) in [5.41, 5.74) is 0.728. The van der Waals surface area contributed by atoms with Crippen molar-refractivity contribution in [2.24, 2.45) is 0 Å². The molecule has 1 atom stereocenters. The van der Waals surface area contributed by atoms with E-state index in [1.165, 1.54) is 6.07 Å². The average molecular weight is 293 g/mol. The molecule has 1 aromatic carbocycles. The van der Waals surface area contributed by atoms with E-state index in [2.05, 4.69) is 15.9 Å². The topological polar surface area (TPSA) is 43.1 Å². The quantitative estimate of drug-likeness (QED) is 0.479. The number of halogens is 2. The smallest absolute Gasteiger partial charge is 0.258 e. The van der Waals surface area contributed by atoms with Gasteiger partial charge in [0, 0.05) is 16.5 Å². The van der Waals surface area contributed by atoms with E-state index >= 15 is 0 Å². The highest BCUT2D eigenvalue weighted by Gasteiger charge is 2.16. The summed E-state index contributed by atoms with van der Waals surface area (Å²) in [6.07, 6.45) is 1.44. The van der Waals surface area contributed by atoms with E-state index in [4.69, 9.17) is 11.6 Å². The zero-order valence-corrected chi connectivity index (χ0v) is 10.6. The van der Waals surface area contributed by atoms with Crippen molar-refractivity contribution in [2.75, 3.05) is 0 Å². The summed E-state index contributed by atoms with van der Waals surface area (Å²) in [5, 5.41) is 11.2. The van der Waals surface area contributed by atoms with Crippen LogP contribution < -0.4 is 0 Å². The highest BCUT2D eigenvalue weighted by Crippen LogP contribution is 2.28. The predicted molar refractivity (Wildman–Crippen MR) is 64.8 cm³/mol. The lowest BCUT2D eigenvalue weighted by Crippen LogP contribution is -1.99. The minimum absolute atomic E-state index is 0.107. The Labute approximate surface area is 102 Å². The first-order valence-corrected chi connectivity index (χ1v) is 5.87. The number of rotatable bonds is 4. The van der Waals surface area contributed by atoms with E-state index in [0.717, 1.165) is 6.42 Å². The van der Waals surface area contributed by atoms with Gasteiger partial charge >= 0.3 is 0 Å². The van der Waals surface area contributed by atoms with Gasteiger partial charge in [0.05, 0.1) is 9.95 Å². The minimum atomic E-state index is -0.389. The number of nitro benzene ring substituents is 1. The molecular weight excluding hydrogens is 281 g/mol. The highest BCUT2D eigenvalue weighted by molar-refractivity contribution is 9.09. The van der Waals surface area contributed by atoms with Gasteiger partial charge in [0.15, 0.2) is 0 Å². The summed E-state index contributed by atoms with van der Waals surface area (Å²) >= 11 is 9.34. The number of hydrogen-bond donors (Lipinski definition) is 0. The first kappa shape index (κ1) is 12.5. The lowest BCUT2D eigenvalue weighted by atomic mass is 10.1. The first-order valence-electron chi connectivity index (χ1n) is 4.58. The molecule has 0 aromatic heterocycles. The standard InChI is InChI=1S/C10H11BrClNO2/c1-7(11)5-6-8-9(12)3-2-4-10(8)13(14)15/h2-4,7H,5-6H2,1H3. The molecule has 0 aliphatic rings. The van der Waals surface area contributed by atoms with Gasteiger partial charge in [0.1, 0.15) is 0 Å². The van der Waals surface area contributed by atoms with Crippen molar-refractivity contribution in [1.82, 2.24) is 0 Å². The molecule has 0 radical (unpaired) electrons. The highest BCUT2D eigenvalue weighted by atomic mass is 79.9. The van der Waals surface area contributed by atoms with Crippen molar-refractivity contribution >= 4 is 33.2 Å². The fourth-order valence-electron chi connectivity index (χ4n) is 1.31. The van der Waals surface area contributed by atoms with Gasteiger partial charge in [0.2, 0.25) is 0 Å². The van der Waals surface area contributed by atoms with E-state index in [9.17, 15) is 10.1 Å². The molecule has 0 aliphatic carbocycles. The second kappa shape index (κ2) is 5.47. The zero-order chi connectivity index (χ0) is 11.4. The monoisotopic (exact) mass is 291 g/mol. The molecule has 1 unspecified atom stereocenters. The normalized spacial score (nSPS) is 12.5. The number of nitro groups is 1. The van der Waals surface area contributed by atoms with Crippen molar-refractivity contribution in [3.05, 3.63) is 38.9 Å². The molecule has 1 rings (SSSR count). The van der Waals surface area contributed by atoms with Gasteiger partial charge in [-0.15, -0.1) is 0 Å². The molecule has 1 aromatic rings. The van der Waals surface area contributed by atoms with Gasteiger partial charge in [-0.1, -0.05) is 40.5 Å². The van der Waals surface area contributed by atoms with Crippen molar-refractivity contribution < 1.29 is 4.92 Å². The molecule has 0 bridgehead atoms. The van der Waals surface area contributed by atoms with Crippen molar-refractivity contribution in [3.8, 4) is 0 Å². The Morgan fingerprint density at radius 2 is 2.27 bits per heavy atom. The lowest BCUT2D eigenvalue weighted by Gasteiger charge is -2.06. The van der Waals surface area contributed by atoms with Gasteiger partial charge in [-0.05, 0) is 18.9 Å². The van der Waals surface area contributed by atoms with Gasteiger partial charge in [-0.2, -0.15) is 0 Å². The fraction of sp³-hybridized carbons (Fsp3) is 0.400. The van der Waals surface area contributed by atoms with Crippen LogP contribution >= 0.6 is 27.5 Å². The van der Waals surface area contributed by atoms with Crippen molar-refractivity contribution in [1.29, 1.82) is 0 Å². The molecule has 0 saturated heterocycles. The molecule has 0 fully saturated rings. The number of alkyl halides is 1. The van der Waals surface area contributed by atoms with Crippen LogP contribution in [0.15, 0.2) is 18.2 Å². The largest absolute Gasteiger partial charge is 0.274 e. The Morgan fingerprint density at radius 3 is 2.80 bits per heavy atom. The Hall–Kier alpha value is -0.610. The van der Waals surface area contributed by atoms with Gasteiger partial charge in [-0.25, -0.2) is 0 Å². The van der Waals surface area contributed by atoms with E-state index in [0.29, 0.717) is 21.8 Å². The SMILES string of the molecule is CC(Br)CCc1c(Cl)cccc1[N+](=O)[O-]. The maximum atomic E-state index is 10.8. The average Bonchev–Trinajstić information content (AvgIpc) is 2.15. The van der Waals surface area contributed by atoms with Crippen LogP contribution in [0.3, 0.4) is 0 Å². The van der Waals surface area contributed by atoms with E-state index in [1.807, 2.05) is 6.92 Å². The van der Waals surface area contributed by atoms with Crippen molar-refractivity contribution in [2.45, 2.75) is 24.6 Å². The molecule has 0 aliphatic heterocycles. The molecule has 0 spiro atoms. The molecule has 82 valence electrons. The van der Waals surface area contributed by atoms with Crippen molar-refractivity contribution in [3.63, 3.8) is 0 Å². The maximum absolute atomic E-state index is 10.8. The Morgan fingerprint density at radius 1 is 1.60 bits per heavy atom. The predicted octanol–water partition coefficient (Wildman–Crippen LogP) is 3.96. The summed E-state index contributed by atoms with van der Waals surface area (Å²) in [7, 11) is 0. The van der Waals surface area contributed by atoms with Gasteiger partial charge in [0.25, 0.3) is 5.69 Å². The molecule has 0 amide bonds. The molecule has 0 saturated carbocycles. The van der Waals surface area contributed by atoms with Crippen LogP contribution in [0.25, 0.3) is 0 Å². The molecular formula is C10H11BrClNO2. The summed E-state index contributed by atoms with van der Waals surface area (Å²) in [6, 6.07) is 4.77. The summed E-state index contributed by atoms with van der Waals surface area (Å²) in [5.74, 6) is 0. The molecule has 0 N–H and O–H groups in total. The van der Waals surface area contributed by atoms with Crippen LogP contribution in [-0.4, -0.2) is 9.75 Å². The number of hydrogen-bond acceptors (Lipinski definition) is 2. The van der Waals surface area contributed by atoms with E-state index in [-0.39, 0.29) is 10.6 Å². The third-order valence-corrected chi connectivity index (χ3v) is 2.89. The molecule has 0 heterocycles. The number of benzene rings is 1. The third kappa shape index (κ3) is 3.47.